The fourth-order valence-corrected chi connectivity index (χ4v) is 4.73. The zero-order valence-electron chi connectivity index (χ0n) is 17.3. The third kappa shape index (κ3) is 4.23. The molecular formula is C22H32N4O2. The number of nitrogens with zero attached hydrogens (tertiary/aromatic N) is 4. The van der Waals surface area contributed by atoms with Crippen LogP contribution in [0.1, 0.15) is 50.4 Å². The van der Waals surface area contributed by atoms with Crippen LogP contribution in [0.4, 0.5) is 5.69 Å². The molecule has 0 bridgehead atoms. The number of benzene rings is 1. The van der Waals surface area contributed by atoms with Gasteiger partial charge in [0.1, 0.15) is 0 Å². The highest BCUT2D eigenvalue weighted by Crippen LogP contribution is 2.25. The summed E-state index contributed by atoms with van der Waals surface area (Å²) < 4.78 is 5.85. The molecule has 3 heterocycles. The summed E-state index contributed by atoms with van der Waals surface area (Å²) in [7, 11) is 0. The Balaban J connectivity index is 1.40. The fourth-order valence-electron chi connectivity index (χ4n) is 4.73. The van der Waals surface area contributed by atoms with Gasteiger partial charge in [0, 0.05) is 56.5 Å². The molecule has 3 atom stereocenters. The van der Waals surface area contributed by atoms with E-state index >= 15 is 0 Å². The topological polar surface area (TPSA) is 48.4 Å². The van der Waals surface area contributed by atoms with E-state index in [2.05, 4.69) is 35.7 Å². The predicted molar refractivity (Wildman–Crippen MR) is 112 cm³/mol. The molecule has 0 aliphatic carbocycles. The minimum Gasteiger partial charge on any atom is -0.373 e. The van der Waals surface area contributed by atoms with E-state index in [1.165, 1.54) is 0 Å². The number of hydrogen-bond donors (Lipinski definition) is 0. The summed E-state index contributed by atoms with van der Waals surface area (Å²) >= 11 is 0. The van der Waals surface area contributed by atoms with Gasteiger partial charge in [-0.15, -0.1) is 0 Å². The van der Waals surface area contributed by atoms with Crippen molar-refractivity contribution in [1.29, 1.82) is 0 Å². The van der Waals surface area contributed by atoms with Crippen LogP contribution in [0.15, 0.2) is 29.4 Å². The van der Waals surface area contributed by atoms with E-state index in [-0.39, 0.29) is 18.1 Å². The van der Waals surface area contributed by atoms with E-state index < -0.39 is 0 Å². The number of hydrazone groups is 1. The first-order valence-corrected chi connectivity index (χ1v) is 10.6. The molecule has 2 saturated heterocycles. The van der Waals surface area contributed by atoms with Gasteiger partial charge in [-0.1, -0.05) is 0 Å². The predicted octanol–water partition coefficient (Wildman–Crippen LogP) is 2.99. The quantitative estimate of drug-likeness (QED) is 0.801. The van der Waals surface area contributed by atoms with Crippen molar-refractivity contribution < 1.29 is 9.53 Å². The van der Waals surface area contributed by atoms with Crippen molar-refractivity contribution in [2.24, 2.45) is 5.10 Å². The number of likely N-dealkylation sites (tertiary alicyclic amines) is 1. The minimum atomic E-state index is 0.157. The molecule has 6 nitrogen and oxygen atoms in total. The van der Waals surface area contributed by atoms with Crippen molar-refractivity contribution >= 4 is 17.3 Å². The molecule has 0 radical (unpaired) electrons. The third-order valence-electron chi connectivity index (χ3n) is 5.99. The first-order valence-electron chi connectivity index (χ1n) is 10.6. The van der Waals surface area contributed by atoms with Crippen LogP contribution in [0.2, 0.25) is 0 Å². The molecule has 152 valence electrons. The summed E-state index contributed by atoms with van der Waals surface area (Å²) in [6.45, 7) is 11.0. The Bertz CT molecular complexity index is 723. The monoisotopic (exact) mass is 384 g/mol. The van der Waals surface area contributed by atoms with Gasteiger partial charge >= 0.3 is 0 Å². The lowest BCUT2D eigenvalue weighted by atomic mass is 10.1. The molecule has 0 aromatic heterocycles. The van der Waals surface area contributed by atoms with Crippen LogP contribution in [0.25, 0.3) is 0 Å². The maximum absolute atomic E-state index is 13.2. The van der Waals surface area contributed by atoms with Crippen LogP contribution in [-0.4, -0.2) is 72.4 Å². The van der Waals surface area contributed by atoms with Crippen molar-refractivity contribution in [3.63, 3.8) is 0 Å². The lowest BCUT2D eigenvalue weighted by molar-refractivity contribution is -0.0715. The lowest BCUT2D eigenvalue weighted by Crippen LogP contribution is -2.50. The van der Waals surface area contributed by atoms with E-state index in [4.69, 9.17) is 4.74 Å². The van der Waals surface area contributed by atoms with Crippen LogP contribution in [0.5, 0.6) is 0 Å². The van der Waals surface area contributed by atoms with Crippen LogP contribution >= 0.6 is 0 Å². The SMILES string of the molecule is CC1=NN(c2ccc(C(=O)N3CCCC3CN3CC(C)OC(C)C3)cc2)CC1. The summed E-state index contributed by atoms with van der Waals surface area (Å²) in [6, 6.07) is 8.25. The smallest absolute Gasteiger partial charge is 0.254 e. The van der Waals surface area contributed by atoms with Crippen molar-refractivity contribution in [1.82, 2.24) is 9.80 Å². The van der Waals surface area contributed by atoms with Gasteiger partial charge in [0.05, 0.1) is 17.9 Å². The van der Waals surface area contributed by atoms with Gasteiger partial charge in [-0.25, -0.2) is 0 Å². The number of ether oxygens (including phenoxy) is 1. The number of carbonyl (C=O) groups is 1. The molecule has 3 aliphatic rings. The Morgan fingerprint density at radius 2 is 1.86 bits per heavy atom. The molecule has 1 aromatic rings. The van der Waals surface area contributed by atoms with E-state index in [0.29, 0.717) is 6.04 Å². The van der Waals surface area contributed by atoms with Crippen LogP contribution in [0, 0.1) is 0 Å². The summed E-state index contributed by atoms with van der Waals surface area (Å²) in [6.07, 6.45) is 3.71. The van der Waals surface area contributed by atoms with Crippen molar-refractivity contribution in [3.05, 3.63) is 29.8 Å². The molecule has 1 aromatic carbocycles. The van der Waals surface area contributed by atoms with Crippen LogP contribution in [-0.2, 0) is 4.74 Å². The number of hydrogen-bond acceptors (Lipinski definition) is 5. The standard InChI is InChI=1S/C22H32N4O2/c1-16-10-12-26(23-16)20-8-6-19(7-9-20)22(27)25-11-4-5-21(25)15-24-13-17(2)28-18(3)14-24/h6-9,17-18,21H,4-5,10-15H2,1-3H3. The average Bonchev–Trinajstić information content (AvgIpc) is 3.29. The Morgan fingerprint density at radius 1 is 1.14 bits per heavy atom. The zero-order valence-corrected chi connectivity index (χ0v) is 17.3. The maximum Gasteiger partial charge on any atom is 0.254 e. The molecule has 28 heavy (non-hydrogen) atoms. The van der Waals surface area contributed by atoms with Crippen LogP contribution in [0.3, 0.4) is 0 Å². The van der Waals surface area contributed by atoms with Gasteiger partial charge in [0.25, 0.3) is 5.91 Å². The van der Waals surface area contributed by atoms with Gasteiger partial charge in [0.15, 0.2) is 0 Å². The molecule has 4 rings (SSSR count). The molecule has 6 heteroatoms. The molecule has 3 unspecified atom stereocenters. The van der Waals surface area contributed by atoms with Crippen LogP contribution < -0.4 is 5.01 Å². The molecular weight excluding hydrogens is 352 g/mol. The highest BCUT2D eigenvalue weighted by atomic mass is 16.5. The minimum absolute atomic E-state index is 0.157. The lowest BCUT2D eigenvalue weighted by Gasteiger charge is -2.38. The highest BCUT2D eigenvalue weighted by molar-refractivity contribution is 5.95. The third-order valence-corrected chi connectivity index (χ3v) is 5.99. The number of rotatable bonds is 4. The largest absolute Gasteiger partial charge is 0.373 e. The first-order chi connectivity index (χ1) is 13.5. The van der Waals surface area contributed by atoms with Crippen molar-refractivity contribution in [2.75, 3.05) is 37.7 Å². The molecule has 3 aliphatic heterocycles. The summed E-state index contributed by atoms with van der Waals surface area (Å²) in [5, 5.41) is 6.56. The van der Waals surface area contributed by atoms with Crippen molar-refractivity contribution in [2.45, 2.75) is 58.3 Å². The molecule has 1 amide bonds. The normalized spacial score (nSPS) is 28.7. The van der Waals surface area contributed by atoms with Gasteiger partial charge in [-0.3, -0.25) is 14.7 Å². The molecule has 0 N–H and O–H groups in total. The average molecular weight is 385 g/mol. The summed E-state index contributed by atoms with van der Waals surface area (Å²) in [5.74, 6) is 0.157. The Morgan fingerprint density at radius 3 is 2.50 bits per heavy atom. The van der Waals surface area contributed by atoms with E-state index in [0.717, 1.165) is 68.9 Å². The second-order valence-electron chi connectivity index (χ2n) is 8.53. The number of amides is 1. The van der Waals surface area contributed by atoms with Gasteiger partial charge < -0.3 is 9.64 Å². The first kappa shape index (κ1) is 19.4. The number of carbonyl (C=O) groups excluding carboxylic acids is 1. The highest BCUT2D eigenvalue weighted by Gasteiger charge is 2.33. The van der Waals surface area contributed by atoms with E-state index in [1.54, 1.807) is 0 Å². The molecule has 0 spiro atoms. The van der Waals surface area contributed by atoms with E-state index in [9.17, 15) is 4.79 Å². The number of morpholine rings is 1. The summed E-state index contributed by atoms with van der Waals surface area (Å²) in [4.78, 5) is 17.7. The Hall–Kier alpha value is -1.92. The maximum atomic E-state index is 13.2. The fraction of sp³-hybridized carbons (Fsp3) is 0.636. The van der Waals surface area contributed by atoms with E-state index in [1.807, 2.05) is 29.3 Å². The second-order valence-corrected chi connectivity index (χ2v) is 8.53. The zero-order chi connectivity index (χ0) is 19.7. The van der Waals surface area contributed by atoms with Gasteiger partial charge in [-0.2, -0.15) is 5.10 Å². The van der Waals surface area contributed by atoms with Gasteiger partial charge in [0.2, 0.25) is 0 Å². The van der Waals surface area contributed by atoms with Gasteiger partial charge in [-0.05, 0) is 57.9 Å². The molecule has 0 saturated carbocycles. The number of anilines is 1. The Labute approximate surface area is 168 Å². The Kier molecular flexibility index (Phi) is 5.69. The second kappa shape index (κ2) is 8.21. The van der Waals surface area contributed by atoms with Crippen molar-refractivity contribution in [3.8, 4) is 0 Å². The summed E-state index contributed by atoms with van der Waals surface area (Å²) in [5.41, 5.74) is 2.99. The molecule has 2 fully saturated rings.